The molecule has 2 rings (SSSR count). The summed E-state index contributed by atoms with van der Waals surface area (Å²) in [6, 6.07) is 2.29. The molecule has 0 amide bonds. The lowest BCUT2D eigenvalue weighted by atomic mass is 10.3. The van der Waals surface area contributed by atoms with Gasteiger partial charge in [-0.25, -0.2) is 9.97 Å². The summed E-state index contributed by atoms with van der Waals surface area (Å²) < 4.78 is 2.11. The van der Waals surface area contributed by atoms with Crippen LogP contribution in [0.1, 0.15) is 43.6 Å². The van der Waals surface area contributed by atoms with E-state index in [0.717, 1.165) is 22.6 Å². The molecule has 0 saturated heterocycles. The van der Waals surface area contributed by atoms with Crippen molar-refractivity contribution in [1.82, 2.24) is 14.5 Å². The Kier molecular flexibility index (Phi) is 2.89. The van der Waals surface area contributed by atoms with Gasteiger partial charge >= 0.3 is 0 Å². The first-order valence-corrected chi connectivity index (χ1v) is 5.93. The van der Waals surface area contributed by atoms with Gasteiger partial charge in [-0.05, 0) is 39.3 Å². The Labute approximate surface area is 100 Å². The zero-order valence-electron chi connectivity index (χ0n) is 10.0. The van der Waals surface area contributed by atoms with Crippen molar-refractivity contribution in [3.05, 3.63) is 23.7 Å². The predicted molar refractivity (Wildman–Crippen MR) is 66.9 cm³/mol. The standard InChI is InChI=1S/C12H16ClN3/c1-7(2)16-11(9(4)13)15-10-8(3)5-6-14-12(10)16/h5-7,9H,1-4H3. The molecule has 0 aliphatic rings. The smallest absolute Gasteiger partial charge is 0.160 e. The molecule has 16 heavy (non-hydrogen) atoms. The normalized spacial score (nSPS) is 13.6. The van der Waals surface area contributed by atoms with Crippen molar-refractivity contribution < 1.29 is 0 Å². The molecule has 0 radical (unpaired) electrons. The van der Waals surface area contributed by atoms with E-state index in [1.165, 1.54) is 0 Å². The molecule has 2 aromatic heterocycles. The number of hydrogen-bond acceptors (Lipinski definition) is 2. The van der Waals surface area contributed by atoms with Gasteiger partial charge in [-0.2, -0.15) is 0 Å². The van der Waals surface area contributed by atoms with Crippen LogP contribution in [-0.2, 0) is 0 Å². The molecular weight excluding hydrogens is 222 g/mol. The minimum absolute atomic E-state index is 0.101. The zero-order chi connectivity index (χ0) is 11.9. The van der Waals surface area contributed by atoms with Crippen molar-refractivity contribution >= 4 is 22.8 Å². The molecule has 0 N–H and O–H groups in total. The van der Waals surface area contributed by atoms with Gasteiger partial charge in [-0.3, -0.25) is 0 Å². The molecule has 0 spiro atoms. The summed E-state index contributed by atoms with van der Waals surface area (Å²) in [7, 11) is 0. The number of alkyl halides is 1. The molecule has 1 atom stereocenters. The summed E-state index contributed by atoms with van der Waals surface area (Å²) in [5.41, 5.74) is 3.03. The average molecular weight is 238 g/mol. The fourth-order valence-electron chi connectivity index (χ4n) is 1.92. The molecule has 0 saturated carbocycles. The largest absolute Gasteiger partial charge is 0.309 e. The molecule has 0 aliphatic carbocycles. The third kappa shape index (κ3) is 1.69. The van der Waals surface area contributed by atoms with E-state index in [4.69, 9.17) is 11.6 Å². The molecule has 0 aliphatic heterocycles. The van der Waals surface area contributed by atoms with Gasteiger partial charge in [0.2, 0.25) is 0 Å². The second-order valence-electron chi connectivity index (χ2n) is 4.35. The van der Waals surface area contributed by atoms with Crippen LogP contribution in [0.25, 0.3) is 11.2 Å². The minimum Gasteiger partial charge on any atom is -0.309 e. The minimum atomic E-state index is -0.101. The number of aromatic nitrogens is 3. The maximum atomic E-state index is 6.17. The summed E-state index contributed by atoms with van der Waals surface area (Å²) in [4.78, 5) is 9.01. The Hall–Kier alpha value is -1.09. The monoisotopic (exact) mass is 237 g/mol. The lowest BCUT2D eigenvalue weighted by Crippen LogP contribution is -2.07. The Bertz CT molecular complexity index is 514. The quantitative estimate of drug-likeness (QED) is 0.747. The third-order valence-corrected chi connectivity index (χ3v) is 2.88. The van der Waals surface area contributed by atoms with Crippen molar-refractivity contribution in [3.8, 4) is 0 Å². The van der Waals surface area contributed by atoms with Crippen molar-refractivity contribution in [1.29, 1.82) is 0 Å². The number of pyridine rings is 1. The molecule has 0 fully saturated rings. The molecule has 2 heterocycles. The highest BCUT2D eigenvalue weighted by atomic mass is 35.5. The van der Waals surface area contributed by atoms with Crippen LogP contribution >= 0.6 is 11.6 Å². The first-order valence-electron chi connectivity index (χ1n) is 5.50. The first kappa shape index (κ1) is 11.4. The van der Waals surface area contributed by atoms with E-state index in [-0.39, 0.29) is 5.38 Å². The molecule has 0 bridgehead atoms. The van der Waals surface area contributed by atoms with E-state index in [9.17, 15) is 0 Å². The number of nitrogens with zero attached hydrogens (tertiary/aromatic N) is 3. The van der Waals surface area contributed by atoms with Crippen LogP contribution in [0.3, 0.4) is 0 Å². The summed E-state index contributed by atoms with van der Waals surface area (Å²) in [6.07, 6.45) is 1.82. The number of rotatable bonds is 2. The van der Waals surface area contributed by atoms with Gasteiger partial charge in [0.15, 0.2) is 5.65 Å². The number of hydrogen-bond donors (Lipinski definition) is 0. The number of fused-ring (bicyclic) bond motifs is 1. The van der Waals surface area contributed by atoms with Gasteiger partial charge in [0.05, 0.1) is 5.38 Å². The van der Waals surface area contributed by atoms with Gasteiger partial charge < -0.3 is 4.57 Å². The Balaban J connectivity index is 2.81. The van der Waals surface area contributed by atoms with Crippen LogP contribution in [-0.4, -0.2) is 14.5 Å². The Morgan fingerprint density at radius 3 is 2.56 bits per heavy atom. The number of halogens is 1. The highest BCUT2D eigenvalue weighted by Crippen LogP contribution is 2.27. The lowest BCUT2D eigenvalue weighted by Gasteiger charge is -2.13. The van der Waals surface area contributed by atoms with Gasteiger partial charge in [0.1, 0.15) is 11.3 Å². The fraction of sp³-hybridized carbons (Fsp3) is 0.500. The van der Waals surface area contributed by atoms with Gasteiger partial charge in [-0.1, -0.05) is 0 Å². The van der Waals surface area contributed by atoms with E-state index in [2.05, 4.69) is 28.4 Å². The van der Waals surface area contributed by atoms with Crippen molar-refractivity contribution in [2.45, 2.75) is 39.1 Å². The highest BCUT2D eigenvalue weighted by Gasteiger charge is 2.18. The molecule has 2 aromatic rings. The van der Waals surface area contributed by atoms with Crippen molar-refractivity contribution in [2.24, 2.45) is 0 Å². The van der Waals surface area contributed by atoms with E-state index in [0.29, 0.717) is 6.04 Å². The molecule has 0 aromatic carbocycles. The van der Waals surface area contributed by atoms with Crippen LogP contribution < -0.4 is 0 Å². The van der Waals surface area contributed by atoms with Crippen molar-refractivity contribution in [3.63, 3.8) is 0 Å². The van der Waals surface area contributed by atoms with Gasteiger partial charge in [-0.15, -0.1) is 11.6 Å². The summed E-state index contributed by atoms with van der Waals surface area (Å²) in [5, 5.41) is -0.101. The highest BCUT2D eigenvalue weighted by molar-refractivity contribution is 6.20. The predicted octanol–water partition coefficient (Wildman–Crippen LogP) is 3.62. The Morgan fingerprint density at radius 2 is 2.00 bits per heavy atom. The number of aryl methyl sites for hydroxylation is 1. The SMILES string of the molecule is Cc1ccnc2c1nc(C(C)Cl)n2C(C)C. The van der Waals surface area contributed by atoms with E-state index in [1.54, 1.807) is 0 Å². The second kappa shape index (κ2) is 4.06. The van der Waals surface area contributed by atoms with Crippen LogP contribution in [0.15, 0.2) is 12.3 Å². The fourth-order valence-corrected chi connectivity index (χ4v) is 2.07. The average Bonchev–Trinajstić information content (AvgIpc) is 2.58. The van der Waals surface area contributed by atoms with Crippen LogP contribution in [0.5, 0.6) is 0 Å². The molecule has 86 valence electrons. The molecule has 1 unspecified atom stereocenters. The summed E-state index contributed by atoms with van der Waals surface area (Å²) >= 11 is 6.17. The summed E-state index contributed by atoms with van der Waals surface area (Å²) in [6.45, 7) is 8.23. The summed E-state index contributed by atoms with van der Waals surface area (Å²) in [5.74, 6) is 0.897. The maximum absolute atomic E-state index is 6.17. The van der Waals surface area contributed by atoms with Crippen LogP contribution in [0, 0.1) is 6.92 Å². The lowest BCUT2D eigenvalue weighted by molar-refractivity contribution is 0.580. The third-order valence-electron chi connectivity index (χ3n) is 2.68. The zero-order valence-corrected chi connectivity index (χ0v) is 10.8. The van der Waals surface area contributed by atoms with E-state index in [1.807, 2.05) is 26.1 Å². The van der Waals surface area contributed by atoms with Crippen LogP contribution in [0.2, 0.25) is 0 Å². The Morgan fingerprint density at radius 1 is 1.31 bits per heavy atom. The molecule has 3 nitrogen and oxygen atoms in total. The maximum Gasteiger partial charge on any atom is 0.160 e. The van der Waals surface area contributed by atoms with Crippen molar-refractivity contribution in [2.75, 3.05) is 0 Å². The van der Waals surface area contributed by atoms with E-state index < -0.39 is 0 Å². The van der Waals surface area contributed by atoms with E-state index >= 15 is 0 Å². The van der Waals surface area contributed by atoms with Gasteiger partial charge in [0, 0.05) is 12.2 Å². The topological polar surface area (TPSA) is 30.7 Å². The second-order valence-corrected chi connectivity index (χ2v) is 5.00. The van der Waals surface area contributed by atoms with Crippen LogP contribution in [0.4, 0.5) is 0 Å². The van der Waals surface area contributed by atoms with Gasteiger partial charge in [0.25, 0.3) is 0 Å². The number of imidazole rings is 1. The molecular formula is C12H16ClN3. The first-order chi connectivity index (χ1) is 7.52. The molecule has 4 heteroatoms.